The van der Waals surface area contributed by atoms with Crippen molar-refractivity contribution in [1.82, 2.24) is 4.31 Å². The first kappa shape index (κ1) is 16.0. The molecule has 0 saturated carbocycles. The molecule has 0 bridgehead atoms. The molecule has 1 aromatic carbocycles. The molecule has 1 aromatic rings. The molecule has 22 heavy (non-hydrogen) atoms. The standard InChI is InChI=1S/C17H25NO3S/c1-2-12-22(19,20)18-10-8-17(9-11-18)13-16(14-21-17)15-6-4-3-5-7-15/h3-7,16H,2,8-14H2,1H3. The maximum Gasteiger partial charge on any atom is 0.214 e. The van der Waals surface area contributed by atoms with Gasteiger partial charge in [0.1, 0.15) is 0 Å². The van der Waals surface area contributed by atoms with Crippen molar-refractivity contribution in [3.05, 3.63) is 35.9 Å². The normalized spacial score (nSPS) is 25.6. The highest BCUT2D eigenvalue weighted by molar-refractivity contribution is 7.89. The highest BCUT2D eigenvalue weighted by Gasteiger charge is 2.44. The van der Waals surface area contributed by atoms with Gasteiger partial charge in [-0.3, -0.25) is 0 Å². The second kappa shape index (κ2) is 6.30. The Bertz CT molecular complexity index is 592. The summed E-state index contributed by atoms with van der Waals surface area (Å²) in [5.41, 5.74) is 1.22. The fourth-order valence-corrected chi connectivity index (χ4v) is 5.20. The molecule has 2 aliphatic rings. The topological polar surface area (TPSA) is 46.6 Å². The lowest BCUT2D eigenvalue weighted by molar-refractivity contribution is -0.0310. The van der Waals surface area contributed by atoms with E-state index in [-0.39, 0.29) is 11.4 Å². The van der Waals surface area contributed by atoms with Crippen molar-refractivity contribution < 1.29 is 13.2 Å². The Morgan fingerprint density at radius 1 is 1.23 bits per heavy atom. The molecule has 0 N–H and O–H groups in total. The lowest BCUT2D eigenvalue weighted by Crippen LogP contribution is -2.47. The first-order valence-electron chi connectivity index (χ1n) is 8.21. The van der Waals surface area contributed by atoms with Gasteiger partial charge < -0.3 is 4.74 Å². The molecule has 1 atom stereocenters. The second-order valence-corrected chi connectivity index (χ2v) is 8.61. The number of ether oxygens (including phenoxy) is 1. The van der Waals surface area contributed by atoms with E-state index in [0.717, 1.165) is 25.9 Å². The summed E-state index contributed by atoms with van der Waals surface area (Å²) in [5.74, 6) is 0.702. The molecule has 2 heterocycles. The van der Waals surface area contributed by atoms with Gasteiger partial charge in [-0.05, 0) is 31.2 Å². The molecular formula is C17H25NO3S. The molecule has 1 spiro atoms. The van der Waals surface area contributed by atoms with Gasteiger partial charge in [-0.1, -0.05) is 37.3 Å². The minimum Gasteiger partial charge on any atom is -0.374 e. The number of piperidine rings is 1. The van der Waals surface area contributed by atoms with E-state index in [9.17, 15) is 8.42 Å². The van der Waals surface area contributed by atoms with Crippen molar-refractivity contribution in [2.75, 3.05) is 25.4 Å². The second-order valence-electron chi connectivity index (χ2n) is 6.52. The minimum atomic E-state index is -3.07. The Morgan fingerprint density at radius 3 is 2.55 bits per heavy atom. The summed E-state index contributed by atoms with van der Waals surface area (Å²) in [6.07, 6.45) is 3.33. The van der Waals surface area contributed by atoms with Gasteiger partial charge in [0.25, 0.3) is 0 Å². The van der Waals surface area contributed by atoms with Crippen molar-refractivity contribution in [2.24, 2.45) is 0 Å². The Hall–Kier alpha value is -0.910. The summed E-state index contributed by atoms with van der Waals surface area (Å²) in [4.78, 5) is 0. The van der Waals surface area contributed by atoms with Crippen LogP contribution < -0.4 is 0 Å². The summed E-state index contributed by atoms with van der Waals surface area (Å²) >= 11 is 0. The molecule has 5 heteroatoms. The summed E-state index contributed by atoms with van der Waals surface area (Å²) in [7, 11) is -3.07. The molecule has 122 valence electrons. The number of benzene rings is 1. The molecule has 4 nitrogen and oxygen atoms in total. The van der Waals surface area contributed by atoms with Crippen molar-refractivity contribution in [3.63, 3.8) is 0 Å². The van der Waals surface area contributed by atoms with Gasteiger partial charge in [0.15, 0.2) is 0 Å². The van der Waals surface area contributed by atoms with Gasteiger partial charge in [0.2, 0.25) is 10.0 Å². The predicted octanol–water partition coefficient (Wildman–Crippen LogP) is 2.76. The van der Waals surface area contributed by atoms with Gasteiger partial charge in [0, 0.05) is 19.0 Å². The van der Waals surface area contributed by atoms with Crippen LogP contribution in [0.4, 0.5) is 0 Å². The smallest absolute Gasteiger partial charge is 0.214 e. The highest BCUT2D eigenvalue weighted by atomic mass is 32.2. The van der Waals surface area contributed by atoms with E-state index in [1.54, 1.807) is 4.31 Å². The Morgan fingerprint density at radius 2 is 1.91 bits per heavy atom. The number of rotatable bonds is 4. The summed E-state index contributed by atoms with van der Waals surface area (Å²) < 4.78 is 32.1. The van der Waals surface area contributed by atoms with Crippen molar-refractivity contribution >= 4 is 10.0 Å². The van der Waals surface area contributed by atoms with E-state index in [1.807, 2.05) is 13.0 Å². The minimum absolute atomic E-state index is 0.112. The van der Waals surface area contributed by atoms with Gasteiger partial charge in [-0.2, -0.15) is 0 Å². The van der Waals surface area contributed by atoms with Gasteiger partial charge in [-0.25, -0.2) is 12.7 Å². The van der Waals surface area contributed by atoms with E-state index >= 15 is 0 Å². The third-order valence-corrected chi connectivity index (χ3v) is 7.05. The van der Waals surface area contributed by atoms with Crippen LogP contribution >= 0.6 is 0 Å². The van der Waals surface area contributed by atoms with Crippen LogP contribution in [0.25, 0.3) is 0 Å². The Labute approximate surface area is 133 Å². The molecule has 0 aromatic heterocycles. The third-order valence-electron chi connectivity index (χ3n) is 4.97. The van der Waals surface area contributed by atoms with Crippen LogP contribution in [-0.2, 0) is 14.8 Å². The molecule has 0 aliphatic carbocycles. The molecule has 2 saturated heterocycles. The number of hydrogen-bond donors (Lipinski definition) is 0. The zero-order valence-electron chi connectivity index (χ0n) is 13.2. The third kappa shape index (κ3) is 3.21. The average molecular weight is 323 g/mol. The molecule has 2 aliphatic heterocycles. The van der Waals surface area contributed by atoms with E-state index in [0.29, 0.717) is 25.4 Å². The molecule has 1 unspecified atom stereocenters. The maximum atomic E-state index is 12.2. The summed E-state index contributed by atoms with van der Waals surface area (Å²) in [6.45, 7) is 3.87. The largest absolute Gasteiger partial charge is 0.374 e. The van der Waals surface area contributed by atoms with Crippen LogP contribution in [0.15, 0.2) is 30.3 Å². The van der Waals surface area contributed by atoms with Crippen LogP contribution in [0.1, 0.15) is 44.1 Å². The average Bonchev–Trinajstić information content (AvgIpc) is 2.92. The van der Waals surface area contributed by atoms with Crippen molar-refractivity contribution in [3.8, 4) is 0 Å². The molecule has 0 amide bonds. The fourth-order valence-electron chi connectivity index (χ4n) is 3.69. The summed E-state index contributed by atoms with van der Waals surface area (Å²) in [5, 5.41) is 0. The Kier molecular flexibility index (Phi) is 4.57. The van der Waals surface area contributed by atoms with E-state index < -0.39 is 10.0 Å². The summed E-state index contributed by atoms with van der Waals surface area (Å²) in [6, 6.07) is 10.5. The van der Waals surface area contributed by atoms with E-state index in [1.165, 1.54) is 5.56 Å². The van der Waals surface area contributed by atoms with Crippen LogP contribution in [0.5, 0.6) is 0 Å². The SMILES string of the molecule is CCCS(=O)(=O)N1CCC2(CC1)CC(c1ccccc1)CO2. The quantitative estimate of drug-likeness (QED) is 0.856. The van der Waals surface area contributed by atoms with E-state index in [2.05, 4.69) is 24.3 Å². The van der Waals surface area contributed by atoms with Crippen LogP contribution in [0, 0.1) is 0 Å². The number of nitrogens with zero attached hydrogens (tertiary/aromatic N) is 1. The number of hydrogen-bond acceptors (Lipinski definition) is 3. The predicted molar refractivity (Wildman–Crippen MR) is 87.4 cm³/mol. The fraction of sp³-hybridized carbons (Fsp3) is 0.647. The Balaban J connectivity index is 1.62. The van der Waals surface area contributed by atoms with Crippen molar-refractivity contribution in [1.29, 1.82) is 0 Å². The van der Waals surface area contributed by atoms with Gasteiger partial charge in [-0.15, -0.1) is 0 Å². The van der Waals surface area contributed by atoms with Crippen LogP contribution in [0.3, 0.4) is 0 Å². The zero-order chi connectivity index (χ0) is 15.6. The maximum absolute atomic E-state index is 12.2. The highest BCUT2D eigenvalue weighted by Crippen LogP contribution is 2.43. The van der Waals surface area contributed by atoms with E-state index in [4.69, 9.17) is 4.74 Å². The van der Waals surface area contributed by atoms with Crippen LogP contribution in [0.2, 0.25) is 0 Å². The lowest BCUT2D eigenvalue weighted by Gasteiger charge is -2.38. The lowest BCUT2D eigenvalue weighted by atomic mass is 9.84. The zero-order valence-corrected chi connectivity index (χ0v) is 14.0. The first-order chi connectivity index (χ1) is 10.5. The van der Waals surface area contributed by atoms with Gasteiger partial charge >= 0.3 is 0 Å². The van der Waals surface area contributed by atoms with Crippen molar-refractivity contribution in [2.45, 2.75) is 44.1 Å². The molecule has 3 rings (SSSR count). The first-order valence-corrected chi connectivity index (χ1v) is 9.82. The molecule has 0 radical (unpaired) electrons. The molecule has 2 fully saturated rings. The van der Waals surface area contributed by atoms with Gasteiger partial charge in [0.05, 0.1) is 18.0 Å². The number of sulfonamides is 1. The monoisotopic (exact) mass is 323 g/mol. The van der Waals surface area contributed by atoms with Crippen LogP contribution in [-0.4, -0.2) is 43.8 Å². The molecular weight excluding hydrogens is 298 g/mol.